The van der Waals surface area contributed by atoms with E-state index in [-0.39, 0.29) is 29.4 Å². The number of amides is 1. The van der Waals surface area contributed by atoms with E-state index in [0.717, 1.165) is 31.5 Å². The van der Waals surface area contributed by atoms with Crippen LogP contribution in [0.4, 0.5) is 4.39 Å². The molecule has 1 fully saturated rings. The first kappa shape index (κ1) is 12.4. The van der Waals surface area contributed by atoms with Crippen LogP contribution in [0.3, 0.4) is 0 Å². The number of para-hydroxylation sites is 1. The Morgan fingerprint density at radius 3 is 3.00 bits per heavy atom. The molecule has 2 heterocycles. The second-order valence-electron chi connectivity index (χ2n) is 5.07. The number of carbonyl (C=O) groups excluding carboxylic acids is 1. The number of hydrogen-bond acceptors (Lipinski definition) is 3. The zero-order chi connectivity index (χ0) is 13.2. The second kappa shape index (κ2) is 5.17. The van der Waals surface area contributed by atoms with Crippen LogP contribution in [-0.2, 0) is 4.79 Å². The van der Waals surface area contributed by atoms with Gasteiger partial charge in [-0.15, -0.1) is 0 Å². The highest BCUT2D eigenvalue weighted by molar-refractivity contribution is 5.80. The fourth-order valence-electron chi connectivity index (χ4n) is 2.48. The lowest BCUT2D eigenvalue weighted by molar-refractivity contribution is -0.127. The van der Waals surface area contributed by atoms with Crippen molar-refractivity contribution >= 4 is 5.91 Å². The molecular weight excluding hydrogens is 247 g/mol. The summed E-state index contributed by atoms with van der Waals surface area (Å²) in [6.45, 7) is 1.95. The molecular formula is C14H17FN2O2. The normalized spacial score (nSPS) is 22.7. The summed E-state index contributed by atoms with van der Waals surface area (Å²) < 4.78 is 19.2. The van der Waals surface area contributed by atoms with Crippen LogP contribution >= 0.6 is 0 Å². The first-order chi connectivity index (χ1) is 9.25. The first-order valence-electron chi connectivity index (χ1n) is 6.68. The molecule has 0 aliphatic carbocycles. The van der Waals surface area contributed by atoms with Crippen molar-refractivity contribution in [3.8, 4) is 5.75 Å². The number of halogens is 1. The van der Waals surface area contributed by atoms with Crippen LogP contribution < -0.4 is 15.4 Å². The molecule has 0 saturated carbocycles. The van der Waals surface area contributed by atoms with Crippen molar-refractivity contribution in [1.82, 2.24) is 10.6 Å². The van der Waals surface area contributed by atoms with E-state index in [0.29, 0.717) is 6.61 Å². The zero-order valence-corrected chi connectivity index (χ0v) is 10.6. The molecule has 0 bridgehead atoms. The van der Waals surface area contributed by atoms with Gasteiger partial charge in [0.25, 0.3) is 0 Å². The minimum atomic E-state index is -0.357. The van der Waals surface area contributed by atoms with Crippen LogP contribution in [0.15, 0.2) is 18.2 Å². The van der Waals surface area contributed by atoms with Gasteiger partial charge in [0, 0.05) is 18.7 Å². The summed E-state index contributed by atoms with van der Waals surface area (Å²) in [5.41, 5.74) is 0.748. The Balaban J connectivity index is 1.81. The third-order valence-corrected chi connectivity index (χ3v) is 3.73. The number of carbonyl (C=O) groups is 1. The predicted molar refractivity (Wildman–Crippen MR) is 68.4 cm³/mol. The van der Waals surface area contributed by atoms with Crippen molar-refractivity contribution < 1.29 is 13.9 Å². The molecule has 0 spiro atoms. The molecule has 2 N–H and O–H groups in total. The summed E-state index contributed by atoms with van der Waals surface area (Å²) in [6.07, 6.45) is 1.59. The average molecular weight is 264 g/mol. The maximum Gasteiger partial charge on any atom is 0.226 e. The van der Waals surface area contributed by atoms with Crippen LogP contribution in [0.2, 0.25) is 0 Å². The summed E-state index contributed by atoms with van der Waals surface area (Å²) in [5.74, 6) is 0.0167. The quantitative estimate of drug-likeness (QED) is 0.848. The lowest BCUT2D eigenvalue weighted by Crippen LogP contribution is -2.51. The molecule has 1 aromatic rings. The fourth-order valence-corrected chi connectivity index (χ4v) is 2.48. The first-order valence-corrected chi connectivity index (χ1v) is 6.68. The molecule has 1 unspecified atom stereocenters. The highest BCUT2D eigenvalue weighted by Crippen LogP contribution is 2.33. The highest BCUT2D eigenvalue weighted by atomic mass is 19.1. The van der Waals surface area contributed by atoms with Gasteiger partial charge in [-0.05, 0) is 18.9 Å². The highest BCUT2D eigenvalue weighted by Gasteiger charge is 2.29. The Morgan fingerprint density at radius 1 is 1.42 bits per heavy atom. The third kappa shape index (κ3) is 2.42. The van der Waals surface area contributed by atoms with Gasteiger partial charge in [-0.1, -0.05) is 12.1 Å². The summed E-state index contributed by atoms with van der Waals surface area (Å²) in [5, 5.41) is 6.09. The van der Waals surface area contributed by atoms with Gasteiger partial charge < -0.3 is 15.4 Å². The minimum Gasteiger partial charge on any atom is -0.490 e. The topological polar surface area (TPSA) is 50.4 Å². The number of ether oxygens (including phenoxy) is 1. The maximum atomic E-state index is 13.8. The van der Waals surface area contributed by atoms with Gasteiger partial charge in [0.1, 0.15) is 0 Å². The van der Waals surface area contributed by atoms with E-state index in [1.165, 1.54) is 6.07 Å². The number of benzene rings is 1. The van der Waals surface area contributed by atoms with Crippen molar-refractivity contribution in [2.45, 2.75) is 18.9 Å². The van der Waals surface area contributed by atoms with Crippen LogP contribution in [0.5, 0.6) is 5.75 Å². The Bertz CT molecular complexity index is 488. The SMILES string of the molecule is O=C(NC1CCCOc2c(F)cccc21)C1CNC1. The Hall–Kier alpha value is -1.62. The number of nitrogens with one attached hydrogen (secondary N) is 2. The van der Waals surface area contributed by atoms with Crippen molar-refractivity contribution in [2.75, 3.05) is 19.7 Å². The number of rotatable bonds is 2. The molecule has 1 aromatic carbocycles. The molecule has 1 atom stereocenters. The Morgan fingerprint density at radius 2 is 2.26 bits per heavy atom. The summed E-state index contributed by atoms with van der Waals surface area (Å²) in [4.78, 5) is 12.0. The van der Waals surface area contributed by atoms with Crippen LogP contribution in [-0.4, -0.2) is 25.6 Å². The van der Waals surface area contributed by atoms with Gasteiger partial charge in [-0.2, -0.15) is 0 Å². The lowest BCUT2D eigenvalue weighted by atomic mass is 9.98. The Labute approximate surface area is 111 Å². The van der Waals surface area contributed by atoms with Gasteiger partial charge >= 0.3 is 0 Å². The Kier molecular flexibility index (Phi) is 3.38. The number of fused-ring (bicyclic) bond motifs is 1. The van der Waals surface area contributed by atoms with Crippen molar-refractivity contribution in [3.63, 3.8) is 0 Å². The fraction of sp³-hybridized carbons (Fsp3) is 0.500. The monoisotopic (exact) mass is 264 g/mol. The molecule has 1 saturated heterocycles. The molecule has 5 heteroatoms. The van der Waals surface area contributed by atoms with E-state index in [9.17, 15) is 9.18 Å². The van der Waals surface area contributed by atoms with E-state index in [2.05, 4.69) is 10.6 Å². The van der Waals surface area contributed by atoms with Gasteiger partial charge in [-0.3, -0.25) is 4.79 Å². The maximum absolute atomic E-state index is 13.8. The van der Waals surface area contributed by atoms with E-state index in [1.807, 2.05) is 6.07 Å². The standard InChI is InChI=1S/C14H17FN2O2/c15-11-4-1-3-10-12(5-2-6-19-13(10)11)17-14(18)9-7-16-8-9/h1,3-4,9,12,16H,2,5-8H2,(H,17,18). The van der Waals surface area contributed by atoms with Gasteiger partial charge in [0.05, 0.1) is 18.6 Å². The lowest BCUT2D eigenvalue weighted by Gasteiger charge is -2.28. The molecule has 3 rings (SSSR count). The largest absolute Gasteiger partial charge is 0.490 e. The third-order valence-electron chi connectivity index (χ3n) is 3.73. The van der Waals surface area contributed by atoms with E-state index in [1.54, 1.807) is 6.07 Å². The van der Waals surface area contributed by atoms with Crippen LogP contribution in [0.25, 0.3) is 0 Å². The molecule has 102 valence electrons. The van der Waals surface area contributed by atoms with E-state index >= 15 is 0 Å². The zero-order valence-electron chi connectivity index (χ0n) is 10.6. The smallest absolute Gasteiger partial charge is 0.226 e. The van der Waals surface area contributed by atoms with Gasteiger partial charge in [0.2, 0.25) is 5.91 Å². The molecule has 2 aliphatic rings. The molecule has 1 amide bonds. The molecule has 0 radical (unpaired) electrons. The average Bonchev–Trinajstić information content (AvgIpc) is 2.51. The van der Waals surface area contributed by atoms with E-state index < -0.39 is 0 Å². The predicted octanol–water partition coefficient (Wildman–Crippen LogP) is 1.37. The van der Waals surface area contributed by atoms with Gasteiger partial charge in [0.15, 0.2) is 11.6 Å². The molecule has 19 heavy (non-hydrogen) atoms. The van der Waals surface area contributed by atoms with Crippen molar-refractivity contribution in [3.05, 3.63) is 29.6 Å². The summed E-state index contributed by atoms with van der Waals surface area (Å²) in [6, 6.07) is 4.72. The van der Waals surface area contributed by atoms with Crippen molar-refractivity contribution in [1.29, 1.82) is 0 Å². The minimum absolute atomic E-state index is 0.0425. The molecule has 2 aliphatic heterocycles. The summed E-state index contributed by atoms with van der Waals surface area (Å²) >= 11 is 0. The van der Waals surface area contributed by atoms with Crippen LogP contribution in [0.1, 0.15) is 24.4 Å². The second-order valence-corrected chi connectivity index (χ2v) is 5.07. The summed E-state index contributed by atoms with van der Waals surface area (Å²) in [7, 11) is 0. The van der Waals surface area contributed by atoms with Crippen molar-refractivity contribution in [2.24, 2.45) is 5.92 Å². The van der Waals surface area contributed by atoms with Crippen LogP contribution in [0, 0.1) is 11.7 Å². The molecule has 4 nitrogen and oxygen atoms in total. The number of hydrogen-bond donors (Lipinski definition) is 2. The van der Waals surface area contributed by atoms with E-state index in [4.69, 9.17) is 4.74 Å². The molecule has 0 aromatic heterocycles. The van der Waals surface area contributed by atoms with Gasteiger partial charge in [-0.25, -0.2) is 4.39 Å².